The highest BCUT2D eigenvalue weighted by atomic mass is 32.3. The number of anilines is 2. The third kappa shape index (κ3) is 4.42. The van der Waals surface area contributed by atoms with Gasteiger partial charge in [-0.25, -0.2) is 0 Å². The van der Waals surface area contributed by atoms with Crippen LogP contribution in [0.15, 0.2) is 97.1 Å². The summed E-state index contributed by atoms with van der Waals surface area (Å²) in [4.78, 5) is 0. The van der Waals surface area contributed by atoms with Crippen LogP contribution in [0.4, 0.5) is 11.4 Å². The largest absolute Gasteiger partial charge is 0.446 e. The Balaban J connectivity index is 2.04. The van der Waals surface area contributed by atoms with Crippen molar-refractivity contribution in [1.29, 1.82) is 0 Å². The van der Waals surface area contributed by atoms with Crippen LogP contribution in [0.2, 0.25) is 0 Å². The lowest BCUT2D eigenvalue weighted by Gasteiger charge is -2.43. The predicted octanol–water partition coefficient (Wildman–Crippen LogP) is 3.13. The van der Waals surface area contributed by atoms with Crippen molar-refractivity contribution in [1.82, 2.24) is 0 Å². The molecule has 0 heterocycles. The number of nitrogen functional groups attached to an aromatic ring is 2. The quantitative estimate of drug-likeness (QED) is 0.201. The van der Waals surface area contributed by atoms with E-state index in [0.29, 0.717) is 23.0 Å². The highest BCUT2D eigenvalue weighted by molar-refractivity contribution is 8.05. The molecule has 0 saturated carbocycles. The molecule has 0 atom stereocenters. The zero-order chi connectivity index (χ0) is 26.2. The second-order valence-electron chi connectivity index (χ2n) is 7.93. The number of ether oxygens (including phenoxy) is 2. The molecule has 1 aliphatic rings. The molecule has 188 valence electrons. The molecular weight excluding hydrogens is 508 g/mol. The van der Waals surface area contributed by atoms with Gasteiger partial charge in [0.15, 0.2) is 0 Å². The number of rotatable bonds is 7. The summed E-state index contributed by atoms with van der Waals surface area (Å²) in [6.45, 7) is 0. The Labute approximate surface area is 208 Å². The van der Waals surface area contributed by atoms with Crippen LogP contribution >= 0.6 is 0 Å². The smallest absolute Gasteiger partial charge is 0.320 e. The first-order chi connectivity index (χ1) is 16.9. The average molecular weight is 531 g/mol. The van der Waals surface area contributed by atoms with Crippen LogP contribution in [-0.2, 0) is 20.2 Å². The summed E-state index contributed by atoms with van der Waals surface area (Å²) in [5.41, 5.74) is 12.6. The number of allylic oxidation sites excluding steroid dienone is 2. The van der Waals surface area contributed by atoms with Gasteiger partial charge in [-0.05, 0) is 65.7 Å². The normalized spacial score (nSPS) is 16.7. The van der Waals surface area contributed by atoms with Crippen LogP contribution in [0.25, 0.3) is 5.57 Å². The van der Waals surface area contributed by atoms with E-state index in [-0.39, 0.29) is 17.1 Å². The van der Waals surface area contributed by atoms with E-state index < -0.39 is 30.1 Å². The van der Waals surface area contributed by atoms with Crippen LogP contribution in [-0.4, -0.2) is 35.8 Å². The molecule has 0 saturated heterocycles. The Morgan fingerprint density at radius 2 is 1.11 bits per heavy atom. The van der Waals surface area contributed by atoms with Gasteiger partial charge in [-0.3, -0.25) is 9.11 Å². The zero-order valence-electron chi connectivity index (χ0n) is 18.6. The Morgan fingerprint density at radius 3 is 1.53 bits per heavy atom. The van der Waals surface area contributed by atoms with Gasteiger partial charge in [0.25, 0.3) is 20.2 Å². The monoisotopic (exact) mass is 530 g/mol. The molecule has 0 bridgehead atoms. The molecule has 10 nitrogen and oxygen atoms in total. The van der Waals surface area contributed by atoms with Crippen LogP contribution in [0, 0.1) is 0 Å². The molecule has 36 heavy (non-hydrogen) atoms. The van der Waals surface area contributed by atoms with Gasteiger partial charge in [0.2, 0.25) is 0 Å². The van der Waals surface area contributed by atoms with E-state index in [0.717, 1.165) is 6.08 Å². The van der Waals surface area contributed by atoms with E-state index in [2.05, 4.69) is 0 Å². The maximum Gasteiger partial charge on any atom is 0.320 e. The minimum absolute atomic E-state index is 0.0586. The van der Waals surface area contributed by atoms with Crippen molar-refractivity contribution in [2.45, 2.75) is 9.87 Å². The Bertz CT molecular complexity index is 1450. The van der Waals surface area contributed by atoms with E-state index in [4.69, 9.17) is 20.9 Å². The standard InChI is InChI=1S/C24H22N2O8S2/c25-19-6-10-21(11-7-19)33-23(34-22-12-8-20(26)9-13-22)15-14-18(17-4-2-1-3-5-17)16-24(23,35(27,28)29)36(30,31)32/h1-16H,25-26H2,(H,27,28,29)(H,30,31,32). The maximum atomic E-state index is 13.0. The molecule has 0 aliphatic heterocycles. The second kappa shape index (κ2) is 8.99. The summed E-state index contributed by atoms with van der Waals surface area (Å²) in [5, 5.41) is 0. The van der Waals surface area contributed by atoms with Gasteiger partial charge < -0.3 is 20.9 Å². The highest BCUT2D eigenvalue weighted by Crippen LogP contribution is 2.47. The Morgan fingerprint density at radius 1 is 0.667 bits per heavy atom. The van der Waals surface area contributed by atoms with Gasteiger partial charge in [0, 0.05) is 17.5 Å². The topological polar surface area (TPSA) is 179 Å². The summed E-state index contributed by atoms with van der Waals surface area (Å²) in [5.74, 6) is -2.99. The van der Waals surface area contributed by atoms with E-state index in [1.54, 1.807) is 30.3 Å². The van der Waals surface area contributed by atoms with Crippen molar-refractivity contribution in [3.05, 3.63) is 103 Å². The molecule has 1 aliphatic carbocycles. The molecule has 0 amide bonds. The summed E-state index contributed by atoms with van der Waals surface area (Å²) in [7, 11) is -11.4. The molecule has 3 aromatic carbocycles. The summed E-state index contributed by atoms with van der Waals surface area (Å²) < 4.78 is 80.9. The van der Waals surface area contributed by atoms with Crippen molar-refractivity contribution in [3.8, 4) is 11.5 Å². The van der Waals surface area contributed by atoms with Crippen LogP contribution < -0.4 is 20.9 Å². The Kier molecular flexibility index (Phi) is 6.31. The fourth-order valence-electron chi connectivity index (χ4n) is 3.77. The third-order valence-electron chi connectivity index (χ3n) is 5.49. The first-order valence-corrected chi connectivity index (χ1v) is 13.3. The first-order valence-electron chi connectivity index (χ1n) is 10.4. The van der Waals surface area contributed by atoms with Gasteiger partial charge in [0.05, 0.1) is 0 Å². The Hall–Kier alpha value is -3.84. The van der Waals surface area contributed by atoms with Crippen molar-refractivity contribution in [3.63, 3.8) is 0 Å². The molecule has 3 aromatic rings. The lowest BCUT2D eigenvalue weighted by molar-refractivity contribution is -0.0772. The zero-order valence-corrected chi connectivity index (χ0v) is 20.2. The van der Waals surface area contributed by atoms with Crippen molar-refractivity contribution in [2.75, 3.05) is 11.5 Å². The lowest BCUT2D eigenvalue weighted by Crippen LogP contribution is -2.68. The molecule has 0 fully saturated rings. The van der Waals surface area contributed by atoms with Crippen molar-refractivity contribution >= 4 is 37.2 Å². The minimum Gasteiger partial charge on any atom is -0.446 e. The van der Waals surface area contributed by atoms with Gasteiger partial charge in [0.1, 0.15) is 11.5 Å². The molecule has 0 unspecified atom stereocenters. The van der Waals surface area contributed by atoms with Crippen LogP contribution in [0.1, 0.15) is 5.56 Å². The van der Waals surface area contributed by atoms with Crippen LogP contribution in [0.3, 0.4) is 0 Å². The molecule has 12 heteroatoms. The van der Waals surface area contributed by atoms with Gasteiger partial charge in [-0.1, -0.05) is 36.4 Å². The molecule has 6 N–H and O–H groups in total. The number of benzene rings is 3. The van der Waals surface area contributed by atoms with E-state index in [1.807, 2.05) is 0 Å². The van der Waals surface area contributed by atoms with Gasteiger partial charge in [-0.2, -0.15) is 16.8 Å². The second-order valence-corrected chi connectivity index (χ2v) is 11.4. The number of hydrogen-bond acceptors (Lipinski definition) is 8. The fourth-order valence-corrected chi connectivity index (χ4v) is 6.41. The minimum atomic E-state index is -5.72. The number of nitrogens with two attached hydrogens (primary N) is 2. The maximum absolute atomic E-state index is 13.0. The SMILES string of the molecule is Nc1ccc(OC2(Oc3ccc(N)cc3)C=CC(c3ccccc3)=CC2(S(=O)(=O)O)S(=O)(=O)O)cc1. The molecule has 0 spiro atoms. The van der Waals surface area contributed by atoms with Crippen LogP contribution in [0.5, 0.6) is 11.5 Å². The average Bonchev–Trinajstić information content (AvgIpc) is 2.81. The number of hydrogen-bond donors (Lipinski definition) is 4. The van der Waals surface area contributed by atoms with Crippen molar-refractivity contribution in [2.24, 2.45) is 0 Å². The predicted molar refractivity (Wildman–Crippen MR) is 135 cm³/mol. The van der Waals surface area contributed by atoms with Crippen molar-refractivity contribution < 1.29 is 35.4 Å². The lowest BCUT2D eigenvalue weighted by atomic mass is 9.95. The van der Waals surface area contributed by atoms with E-state index in [1.165, 1.54) is 54.6 Å². The third-order valence-corrected chi connectivity index (χ3v) is 9.09. The summed E-state index contributed by atoms with van der Waals surface area (Å²) in [6.07, 6.45) is 3.05. The summed E-state index contributed by atoms with van der Waals surface area (Å²) in [6, 6.07) is 19.2. The molecule has 0 radical (unpaired) electrons. The fraction of sp³-hybridized carbons (Fsp3) is 0.0833. The molecule has 0 aromatic heterocycles. The van der Waals surface area contributed by atoms with Gasteiger partial charge >= 0.3 is 9.87 Å². The van der Waals surface area contributed by atoms with Gasteiger partial charge in [-0.15, -0.1) is 0 Å². The first kappa shape index (κ1) is 25.3. The summed E-state index contributed by atoms with van der Waals surface area (Å²) >= 11 is 0. The molecular formula is C24H22N2O8S2. The van der Waals surface area contributed by atoms with E-state index in [9.17, 15) is 25.9 Å². The highest BCUT2D eigenvalue weighted by Gasteiger charge is 2.72. The molecule has 4 rings (SSSR count). The van der Waals surface area contributed by atoms with E-state index >= 15 is 0 Å².